The molecule has 0 spiro atoms. The van der Waals surface area contributed by atoms with Crippen molar-refractivity contribution in [1.29, 1.82) is 0 Å². The maximum Gasteiger partial charge on any atom is 0.232 e. The molecule has 5 aromatic rings. The fourth-order valence-electron chi connectivity index (χ4n) is 4.90. The van der Waals surface area contributed by atoms with E-state index in [4.69, 9.17) is 19.2 Å². The Labute approximate surface area is 243 Å². The third-order valence-corrected chi connectivity index (χ3v) is 8.34. The Kier molecular flexibility index (Phi) is 8.24. The summed E-state index contributed by atoms with van der Waals surface area (Å²) in [7, 11) is 0.912. The Morgan fingerprint density at radius 2 is 1.69 bits per heavy atom. The van der Waals surface area contributed by atoms with E-state index in [1.807, 2.05) is 30.3 Å². The lowest BCUT2D eigenvalue weighted by Crippen LogP contribution is -2.25. The lowest BCUT2D eigenvalue weighted by molar-refractivity contribution is 0.184. The molecule has 0 aliphatic heterocycles. The van der Waals surface area contributed by atoms with Gasteiger partial charge < -0.3 is 23.9 Å². The molecule has 220 valence electrons. The number of aromatic nitrogens is 2. The Balaban J connectivity index is 1.74. The van der Waals surface area contributed by atoms with Crippen molar-refractivity contribution in [3.8, 4) is 17.4 Å². The number of sulfonamides is 1. The number of rotatable bonds is 11. The molecule has 5 rings (SSSR count). The summed E-state index contributed by atoms with van der Waals surface area (Å²) in [6, 6.07) is 15.5. The van der Waals surface area contributed by atoms with Gasteiger partial charge in [-0.2, -0.15) is 0 Å². The maximum atomic E-state index is 13.5. The van der Waals surface area contributed by atoms with Crippen LogP contribution in [-0.4, -0.2) is 57.2 Å². The van der Waals surface area contributed by atoms with E-state index in [-0.39, 0.29) is 18.3 Å². The van der Waals surface area contributed by atoms with Crippen molar-refractivity contribution in [2.24, 2.45) is 0 Å². The molecule has 0 atom stereocenters. The lowest BCUT2D eigenvalue weighted by Gasteiger charge is -2.22. The number of nitrogens with zero attached hydrogens (tertiary/aromatic N) is 3. The smallest absolute Gasteiger partial charge is 0.232 e. The molecule has 11 heteroatoms. The molecule has 2 heterocycles. The van der Waals surface area contributed by atoms with Crippen LogP contribution in [0.4, 0.5) is 10.1 Å². The molecule has 0 unspecified atom stereocenters. The first-order chi connectivity index (χ1) is 20.1. The van der Waals surface area contributed by atoms with Gasteiger partial charge in [-0.05, 0) is 53.4 Å². The predicted octanol–water partition coefficient (Wildman–Crippen LogP) is 5.25. The van der Waals surface area contributed by atoms with Gasteiger partial charge in [0.1, 0.15) is 23.7 Å². The maximum absolute atomic E-state index is 13.5. The molecular formula is C31H32FN3O6S. The number of hydrogen-bond donors (Lipinski definition) is 1. The minimum absolute atomic E-state index is 0.0889. The SMILES string of the molecule is COCCn1cc2c(N(C)S(C)(=O)=O)c3cc(Cc4ccc(F)cc4)cnc3c(OCc3ccc(OC)cc3)c2c1O. The van der Waals surface area contributed by atoms with Crippen LogP contribution < -0.4 is 13.8 Å². The summed E-state index contributed by atoms with van der Waals surface area (Å²) in [4.78, 5) is 4.74. The minimum atomic E-state index is -3.71. The van der Waals surface area contributed by atoms with Crippen LogP contribution in [0, 0.1) is 5.82 Å². The Morgan fingerprint density at radius 1 is 1.00 bits per heavy atom. The van der Waals surface area contributed by atoms with Gasteiger partial charge in [0.05, 0.1) is 31.0 Å². The number of halogens is 1. The van der Waals surface area contributed by atoms with E-state index in [0.717, 1.165) is 22.9 Å². The van der Waals surface area contributed by atoms with Crippen LogP contribution in [-0.2, 0) is 34.3 Å². The van der Waals surface area contributed by atoms with Crippen LogP contribution in [0.25, 0.3) is 21.7 Å². The molecule has 2 aromatic heterocycles. The molecule has 0 bridgehead atoms. The molecule has 0 fully saturated rings. The number of fused-ring (bicyclic) bond motifs is 2. The minimum Gasteiger partial charge on any atom is -0.497 e. The number of aromatic hydroxyl groups is 1. The normalized spacial score (nSPS) is 11.7. The summed E-state index contributed by atoms with van der Waals surface area (Å²) in [6.07, 6.45) is 4.95. The molecule has 0 amide bonds. The molecule has 0 saturated carbocycles. The van der Waals surface area contributed by atoms with Gasteiger partial charge >= 0.3 is 0 Å². The Morgan fingerprint density at radius 3 is 2.33 bits per heavy atom. The summed E-state index contributed by atoms with van der Waals surface area (Å²) in [6.45, 7) is 0.821. The van der Waals surface area contributed by atoms with E-state index in [1.54, 1.807) is 43.3 Å². The van der Waals surface area contributed by atoms with E-state index in [2.05, 4.69) is 0 Å². The van der Waals surface area contributed by atoms with Crippen molar-refractivity contribution in [2.45, 2.75) is 19.6 Å². The second kappa shape index (κ2) is 11.9. The third kappa shape index (κ3) is 5.83. The van der Waals surface area contributed by atoms with Crippen LogP contribution in [0.3, 0.4) is 0 Å². The summed E-state index contributed by atoms with van der Waals surface area (Å²) in [5, 5.41) is 12.7. The fraction of sp³-hybridized carbons (Fsp3) is 0.258. The van der Waals surface area contributed by atoms with Gasteiger partial charge in [-0.1, -0.05) is 24.3 Å². The standard InChI is InChI=1S/C31H32FN3O6S/c1-34(42(4,37)38)29-25-16-22(15-20-5-9-23(32)10-6-20)17-33-28(25)30(41-19-21-7-11-24(40-3)12-8-21)27-26(29)18-35(31(27)36)13-14-39-2/h5-12,16-18,36H,13-15,19H2,1-4H3. The number of pyridine rings is 1. The van der Waals surface area contributed by atoms with Crippen molar-refractivity contribution in [2.75, 3.05) is 38.4 Å². The third-order valence-electron chi connectivity index (χ3n) is 7.16. The van der Waals surface area contributed by atoms with Gasteiger partial charge in [-0.15, -0.1) is 0 Å². The van der Waals surface area contributed by atoms with Crippen molar-refractivity contribution in [3.05, 3.63) is 89.5 Å². The summed E-state index contributed by atoms with van der Waals surface area (Å²) in [5.74, 6) is 0.617. The molecular weight excluding hydrogens is 561 g/mol. The molecule has 1 N–H and O–H groups in total. The zero-order valence-corrected chi connectivity index (χ0v) is 24.6. The van der Waals surface area contributed by atoms with Gasteiger partial charge in [0.15, 0.2) is 5.75 Å². The van der Waals surface area contributed by atoms with E-state index in [1.165, 1.54) is 23.5 Å². The highest BCUT2D eigenvalue weighted by atomic mass is 32.2. The highest BCUT2D eigenvalue weighted by Crippen LogP contribution is 2.47. The van der Waals surface area contributed by atoms with Crippen LogP contribution >= 0.6 is 0 Å². The first kappa shape index (κ1) is 29.2. The second-order valence-electron chi connectivity index (χ2n) is 10.0. The first-order valence-electron chi connectivity index (χ1n) is 13.2. The lowest BCUT2D eigenvalue weighted by atomic mass is 10.0. The molecule has 0 aliphatic rings. The number of anilines is 1. The van der Waals surface area contributed by atoms with Gasteiger partial charge in [-0.3, -0.25) is 9.29 Å². The Hall–Kier alpha value is -4.35. The molecule has 3 aromatic carbocycles. The monoisotopic (exact) mass is 593 g/mol. The van der Waals surface area contributed by atoms with Gasteiger partial charge in [-0.25, -0.2) is 12.8 Å². The van der Waals surface area contributed by atoms with E-state index < -0.39 is 10.0 Å². The van der Waals surface area contributed by atoms with E-state index >= 15 is 0 Å². The summed E-state index contributed by atoms with van der Waals surface area (Å²) in [5.41, 5.74) is 3.28. The molecule has 9 nitrogen and oxygen atoms in total. The topological polar surface area (TPSA) is 103 Å². The van der Waals surface area contributed by atoms with Crippen LogP contribution in [0.5, 0.6) is 17.4 Å². The van der Waals surface area contributed by atoms with E-state index in [0.29, 0.717) is 58.4 Å². The first-order valence-corrected chi connectivity index (χ1v) is 15.0. The average molecular weight is 594 g/mol. The molecule has 42 heavy (non-hydrogen) atoms. The highest BCUT2D eigenvalue weighted by molar-refractivity contribution is 7.92. The van der Waals surface area contributed by atoms with Crippen molar-refractivity contribution < 1.29 is 32.1 Å². The number of methoxy groups -OCH3 is 2. The van der Waals surface area contributed by atoms with Crippen LogP contribution in [0.2, 0.25) is 0 Å². The van der Waals surface area contributed by atoms with Gasteiger partial charge in [0.25, 0.3) is 0 Å². The van der Waals surface area contributed by atoms with Crippen molar-refractivity contribution in [1.82, 2.24) is 9.55 Å². The second-order valence-corrected chi connectivity index (χ2v) is 12.0. The molecule has 0 saturated heterocycles. The van der Waals surface area contributed by atoms with Gasteiger partial charge in [0.2, 0.25) is 15.9 Å². The molecule has 0 aliphatic carbocycles. The number of hydrogen-bond acceptors (Lipinski definition) is 7. The highest BCUT2D eigenvalue weighted by Gasteiger charge is 2.27. The average Bonchev–Trinajstić information content (AvgIpc) is 3.30. The van der Waals surface area contributed by atoms with Crippen molar-refractivity contribution in [3.63, 3.8) is 0 Å². The fourth-order valence-corrected chi connectivity index (χ4v) is 5.43. The van der Waals surface area contributed by atoms with Gasteiger partial charge in [0, 0.05) is 43.9 Å². The molecule has 0 radical (unpaired) electrons. The number of ether oxygens (including phenoxy) is 3. The van der Waals surface area contributed by atoms with E-state index in [9.17, 15) is 17.9 Å². The largest absolute Gasteiger partial charge is 0.497 e. The van der Waals surface area contributed by atoms with Crippen LogP contribution in [0.1, 0.15) is 16.7 Å². The summed E-state index contributed by atoms with van der Waals surface area (Å²) >= 11 is 0. The predicted molar refractivity (Wildman–Crippen MR) is 161 cm³/mol. The van der Waals surface area contributed by atoms with Crippen molar-refractivity contribution >= 4 is 37.4 Å². The number of benzene rings is 3. The Bertz CT molecular complexity index is 1840. The quantitative estimate of drug-likeness (QED) is 0.223. The summed E-state index contributed by atoms with van der Waals surface area (Å²) < 4.78 is 58.9. The zero-order valence-electron chi connectivity index (χ0n) is 23.8. The zero-order chi connectivity index (χ0) is 30.0. The van der Waals surface area contributed by atoms with Crippen LogP contribution in [0.15, 0.2) is 67.0 Å².